The number of aromatic nitrogens is 1. The lowest BCUT2D eigenvalue weighted by molar-refractivity contribution is 0.100. The summed E-state index contributed by atoms with van der Waals surface area (Å²) in [6, 6.07) is 15.8. The Bertz CT molecular complexity index is 1180. The van der Waals surface area contributed by atoms with Crippen LogP contribution in [0.2, 0.25) is 4.34 Å². The predicted molar refractivity (Wildman–Crippen MR) is 107 cm³/mol. The van der Waals surface area contributed by atoms with Gasteiger partial charge in [-0.05, 0) is 23.6 Å². The minimum Gasteiger partial charge on any atom is -0.312 e. The summed E-state index contributed by atoms with van der Waals surface area (Å²) < 4.78 is 3.72. The Labute approximate surface area is 157 Å². The number of hydrogen-bond donors (Lipinski definition) is 0. The number of benzene rings is 2. The topological polar surface area (TPSA) is 34.4 Å². The van der Waals surface area contributed by atoms with Gasteiger partial charge in [0.1, 0.15) is 0 Å². The van der Waals surface area contributed by atoms with E-state index < -0.39 is 0 Å². The Morgan fingerprint density at radius 1 is 1.16 bits per heavy atom. The summed E-state index contributed by atoms with van der Waals surface area (Å²) in [6.07, 6.45) is 1.81. The number of fused-ring (bicyclic) bond motifs is 3. The zero-order chi connectivity index (χ0) is 17.4. The number of rotatable bonds is 3. The number of allylic oxidation sites excluding steroid dienone is 1. The molecule has 25 heavy (non-hydrogen) atoms. The first-order chi connectivity index (χ1) is 12.2. The first-order valence-corrected chi connectivity index (χ1v) is 9.65. The zero-order valence-electron chi connectivity index (χ0n) is 13.1. The third kappa shape index (κ3) is 2.95. The molecule has 0 spiro atoms. The lowest BCUT2D eigenvalue weighted by Crippen LogP contribution is -2.15. The van der Waals surface area contributed by atoms with Crippen LogP contribution in [0.4, 0.5) is 0 Å². The highest BCUT2D eigenvalue weighted by Gasteiger charge is 2.12. The van der Waals surface area contributed by atoms with Crippen molar-refractivity contribution in [1.82, 2.24) is 4.57 Å². The first kappa shape index (κ1) is 16.3. The van der Waals surface area contributed by atoms with Gasteiger partial charge in [-0.2, -0.15) is 4.99 Å². The van der Waals surface area contributed by atoms with Crippen molar-refractivity contribution in [2.45, 2.75) is 6.54 Å². The number of hydrogen-bond acceptors (Lipinski definition) is 3. The second-order valence-corrected chi connectivity index (χ2v) is 8.13. The molecule has 0 atom stereocenters. The average Bonchev–Trinajstić information content (AvgIpc) is 3.20. The summed E-state index contributed by atoms with van der Waals surface area (Å²) in [6.45, 7) is 4.42. The lowest BCUT2D eigenvalue weighted by Gasteiger charge is -2.02. The number of nitrogens with zero attached hydrogens (tertiary/aromatic N) is 2. The van der Waals surface area contributed by atoms with Crippen LogP contribution < -0.4 is 4.80 Å². The summed E-state index contributed by atoms with van der Waals surface area (Å²) in [5.74, 6) is -0.273. The zero-order valence-corrected chi connectivity index (χ0v) is 15.5. The molecule has 124 valence electrons. The number of carbonyl (C=O) groups is 1. The maximum atomic E-state index is 12.5. The summed E-state index contributed by atoms with van der Waals surface area (Å²) >= 11 is 8.69. The molecule has 0 unspecified atom stereocenters. The Morgan fingerprint density at radius 2 is 2.00 bits per heavy atom. The molecule has 0 saturated carbocycles. The average molecular weight is 385 g/mol. The molecule has 2 aromatic heterocycles. The number of thiophene rings is 1. The monoisotopic (exact) mass is 384 g/mol. The molecule has 0 N–H and O–H groups in total. The van der Waals surface area contributed by atoms with E-state index in [4.69, 9.17) is 11.6 Å². The largest absolute Gasteiger partial charge is 0.312 e. The molecule has 0 bridgehead atoms. The molecule has 0 aliphatic heterocycles. The fourth-order valence-corrected chi connectivity index (χ4v) is 4.86. The van der Waals surface area contributed by atoms with Crippen molar-refractivity contribution in [1.29, 1.82) is 0 Å². The SMILES string of the molecule is C=CCn1c(=NC(=O)c2ccc(Cl)s2)sc2c3ccccc3ccc21. The maximum Gasteiger partial charge on any atom is 0.289 e. The molecule has 4 rings (SSSR count). The highest BCUT2D eigenvalue weighted by molar-refractivity contribution is 7.18. The Kier molecular flexibility index (Phi) is 4.29. The van der Waals surface area contributed by atoms with E-state index in [2.05, 4.69) is 35.8 Å². The summed E-state index contributed by atoms with van der Waals surface area (Å²) in [5.41, 5.74) is 1.05. The van der Waals surface area contributed by atoms with Crippen LogP contribution in [0.15, 0.2) is 66.2 Å². The Balaban J connectivity index is 1.97. The number of thiazole rings is 1. The third-order valence-electron chi connectivity index (χ3n) is 3.87. The third-order valence-corrected chi connectivity index (χ3v) is 6.21. The molecular formula is C19H13ClN2OS2. The normalized spacial score (nSPS) is 12.1. The molecule has 0 aliphatic rings. The van der Waals surface area contributed by atoms with E-state index in [0.717, 1.165) is 15.6 Å². The van der Waals surface area contributed by atoms with Crippen molar-refractivity contribution in [2.75, 3.05) is 0 Å². The van der Waals surface area contributed by atoms with Crippen LogP contribution in [0.5, 0.6) is 0 Å². The number of halogens is 1. The Morgan fingerprint density at radius 3 is 2.76 bits per heavy atom. The molecule has 2 heterocycles. The fraction of sp³-hybridized carbons (Fsp3) is 0.0526. The van der Waals surface area contributed by atoms with Gasteiger partial charge in [-0.1, -0.05) is 59.3 Å². The van der Waals surface area contributed by atoms with Crippen LogP contribution in [-0.2, 0) is 6.54 Å². The molecule has 0 radical (unpaired) electrons. The highest BCUT2D eigenvalue weighted by atomic mass is 35.5. The van der Waals surface area contributed by atoms with E-state index in [1.807, 2.05) is 22.8 Å². The number of carbonyl (C=O) groups excluding carboxylic acids is 1. The molecule has 1 amide bonds. The number of amides is 1. The van der Waals surface area contributed by atoms with E-state index in [1.165, 1.54) is 28.1 Å². The standard InChI is InChI=1S/C19H13ClN2OS2/c1-2-11-22-14-8-7-12-5-3-4-6-13(12)17(14)25-19(22)21-18(23)15-9-10-16(20)24-15/h2-10H,1,11H2. The second kappa shape index (κ2) is 6.59. The summed E-state index contributed by atoms with van der Waals surface area (Å²) in [5, 5.41) is 2.33. The van der Waals surface area contributed by atoms with Gasteiger partial charge in [-0.3, -0.25) is 4.79 Å². The van der Waals surface area contributed by atoms with Crippen LogP contribution >= 0.6 is 34.3 Å². The van der Waals surface area contributed by atoms with Crippen molar-refractivity contribution < 1.29 is 4.79 Å². The van der Waals surface area contributed by atoms with E-state index in [-0.39, 0.29) is 5.91 Å². The minimum absolute atomic E-state index is 0.273. The van der Waals surface area contributed by atoms with Gasteiger partial charge in [0.2, 0.25) is 0 Å². The van der Waals surface area contributed by atoms with E-state index in [1.54, 1.807) is 12.1 Å². The second-order valence-electron chi connectivity index (χ2n) is 5.44. The van der Waals surface area contributed by atoms with Gasteiger partial charge in [-0.15, -0.1) is 17.9 Å². The van der Waals surface area contributed by atoms with Crippen molar-refractivity contribution in [3.05, 3.63) is 75.2 Å². The van der Waals surface area contributed by atoms with Crippen LogP contribution in [0.25, 0.3) is 21.0 Å². The Hall–Kier alpha value is -2.21. The quantitative estimate of drug-likeness (QED) is 0.429. The summed E-state index contributed by atoms with van der Waals surface area (Å²) in [7, 11) is 0. The van der Waals surface area contributed by atoms with E-state index in [0.29, 0.717) is 20.6 Å². The van der Waals surface area contributed by atoms with E-state index >= 15 is 0 Å². The molecular weight excluding hydrogens is 372 g/mol. The molecule has 3 nitrogen and oxygen atoms in total. The molecule has 0 fully saturated rings. The molecule has 6 heteroatoms. The van der Waals surface area contributed by atoms with Crippen molar-refractivity contribution in [3.8, 4) is 0 Å². The molecule has 0 aliphatic carbocycles. The fourth-order valence-electron chi connectivity index (χ4n) is 2.76. The predicted octanol–water partition coefficient (Wildman–Crippen LogP) is 5.50. The van der Waals surface area contributed by atoms with Gasteiger partial charge < -0.3 is 4.57 Å². The maximum absolute atomic E-state index is 12.5. The summed E-state index contributed by atoms with van der Waals surface area (Å²) in [4.78, 5) is 18.0. The lowest BCUT2D eigenvalue weighted by atomic mass is 10.1. The molecule has 2 aromatic carbocycles. The minimum atomic E-state index is -0.273. The van der Waals surface area contributed by atoms with Gasteiger partial charge in [0, 0.05) is 11.9 Å². The van der Waals surface area contributed by atoms with Gasteiger partial charge in [0.15, 0.2) is 4.80 Å². The van der Waals surface area contributed by atoms with Gasteiger partial charge >= 0.3 is 0 Å². The smallest absolute Gasteiger partial charge is 0.289 e. The molecule has 0 saturated heterocycles. The van der Waals surface area contributed by atoms with Crippen molar-refractivity contribution in [3.63, 3.8) is 0 Å². The van der Waals surface area contributed by atoms with Gasteiger partial charge in [0.05, 0.1) is 19.4 Å². The molecule has 4 aromatic rings. The van der Waals surface area contributed by atoms with Crippen molar-refractivity contribution >= 4 is 61.2 Å². The van der Waals surface area contributed by atoms with Crippen LogP contribution in [-0.4, -0.2) is 10.5 Å². The first-order valence-electron chi connectivity index (χ1n) is 7.64. The highest BCUT2D eigenvalue weighted by Crippen LogP contribution is 2.28. The van der Waals surface area contributed by atoms with E-state index in [9.17, 15) is 4.79 Å². The van der Waals surface area contributed by atoms with Crippen LogP contribution in [0.3, 0.4) is 0 Å². The van der Waals surface area contributed by atoms with Gasteiger partial charge in [-0.25, -0.2) is 0 Å². The van der Waals surface area contributed by atoms with Crippen molar-refractivity contribution in [2.24, 2.45) is 4.99 Å². The van der Waals surface area contributed by atoms with Gasteiger partial charge in [0.25, 0.3) is 5.91 Å². The van der Waals surface area contributed by atoms with Crippen LogP contribution in [0, 0.1) is 0 Å². The van der Waals surface area contributed by atoms with Crippen LogP contribution in [0.1, 0.15) is 9.67 Å².